The number of piperidine rings is 1. The predicted molar refractivity (Wildman–Crippen MR) is 68.5 cm³/mol. The Balaban J connectivity index is 1.61. The quantitative estimate of drug-likeness (QED) is 0.752. The first-order valence-corrected chi connectivity index (χ1v) is 7.34. The molecule has 0 amide bonds. The zero-order valence-corrected chi connectivity index (χ0v) is 11.6. The molecule has 4 heteroatoms. The van der Waals surface area contributed by atoms with Gasteiger partial charge in [-0.2, -0.15) is 0 Å². The Labute approximate surface area is 110 Å². The lowest BCUT2D eigenvalue weighted by Gasteiger charge is -2.36. The second-order valence-corrected chi connectivity index (χ2v) is 6.20. The van der Waals surface area contributed by atoms with Gasteiger partial charge in [0.15, 0.2) is 5.79 Å². The maximum Gasteiger partial charge on any atom is 0.163 e. The van der Waals surface area contributed by atoms with Gasteiger partial charge in [-0.3, -0.25) is 0 Å². The molecule has 0 N–H and O–H groups in total. The molecule has 0 spiro atoms. The molecule has 0 unspecified atom stereocenters. The summed E-state index contributed by atoms with van der Waals surface area (Å²) in [4.78, 5) is 2.52. The molecule has 0 bridgehead atoms. The fourth-order valence-electron chi connectivity index (χ4n) is 3.38. The highest BCUT2D eigenvalue weighted by molar-refractivity contribution is 4.91. The molecule has 0 aromatic heterocycles. The number of rotatable bonds is 2. The summed E-state index contributed by atoms with van der Waals surface area (Å²) in [6.07, 6.45) is 5.52. The lowest BCUT2D eigenvalue weighted by atomic mass is 10.0. The van der Waals surface area contributed by atoms with Crippen molar-refractivity contribution in [2.45, 2.75) is 63.6 Å². The predicted octanol–water partition coefficient (Wildman–Crippen LogP) is 1.78. The minimum atomic E-state index is -0.441. The lowest BCUT2D eigenvalue weighted by Crippen LogP contribution is -2.49. The molecule has 0 aromatic carbocycles. The van der Waals surface area contributed by atoms with Gasteiger partial charge in [-0.25, -0.2) is 0 Å². The summed E-state index contributed by atoms with van der Waals surface area (Å²) < 4.78 is 17.9. The van der Waals surface area contributed by atoms with E-state index in [-0.39, 0.29) is 18.3 Å². The smallest absolute Gasteiger partial charge is 0.163 e. The maximum atomic E-state index is 6.03. The molecule has 3 aliphatic heterocycles. The molecule has 3 fully saturated rings. The SMILES string of the molecule is CC1(C)O[C@H]2[C@@H](CN3CCCCC3)OCC[C@H]2O1. The van der Waals surface area contributed by atoms with E-state index in [2.05, 4.69) is 4.90 Å². The first kappa shape index (κ1) is 12.9. The molecule has 4 nitrogen and oxygen atoms in total. The molecule has 3 aliphatic rings. The highest BCUT2D eigenvalue weighted by atomic mass is 16.8. The van der Waals surface area contributed by atoms with Crippen molar-refractivity contribution in [2.24, 2.45) is 0 Å². The third-order valence-corrected chi connectivity index (χ3v) is 4.21. The lowest BCUT2D eigenvalue weighted by molar-refractivity contribution is -0.155. The van der Waals surface area contributed by atoms with E-state index in [9.17, 15) is 0 Å². The van der Waals surface area contributed by atoms with Gasteiger partial charge in [-0.05, 0) is 46.2 Å². The average molecular weight is 255 g/mol. The largest absolute Gasteiger partial charge is 0.374 e. The van der Waals surface area contributed by atoms with Gasteiger partial charge >= 0.3 is 0 Å². The first-order chi connectivity index (χ1) is 8.64. The van der Waals surface area contributed by atoms with Crippen molar-refractivity contribution in [3.05, 3.63) is 0 Å². The van der Waals surface area contributed by atoms with E-state index in [0.29, 0.717) is 0 Å². The first-order valence-electron chi connectivity index (χ1n) is 7.34. The highest BCUT2D eigenvalue weighted by Gasteiger charge is 2.47. The molecule has 18 heavy (non-hydrogen) atoms. The van der Waals surface area contributed by atoms with Crippen LogP contribution in [0.5, 0.6) is 0 Å². The second-order valence-electron chi connectivity index (χ2n) is 6.20. The van der Waals surface area contributed by atoms with Gasteiger partial charge in [0.1, 0.15) is 6.10 Å². The van der Waals surface area contributed by atoms with Crippen molar-refractivity contribution in [3.63, 3.8) is 0 Å². The third kappa shape index (κ3) is 2.72. The van der Waals surface area contributed by atoms with Gasteiger partial charge in [0.2, 0.25) is 0 Å². The Morgan fingerprint density at radius 1 is 1.11 bits per heavy atom. The molecular formula is C14H25NO3. The Hall–Kier alpha value is -0.160. The van der Waals surface area contributed by atoms with Gasteiger partial charge in [-0.15, -0.1) is 0 Å². The number of likely N-dealkylation sites (tertiary alicyclic amines) is 1. The van der Waals surface area contributed by atoms with Crippen LogP contribution in [-0.2, 0) is 14.2 Å². The van der Waals surface area contributed by atoms with E-state index in [1.54, 1.807) is 0 Å². The summed E-state index contributed by atoms with van der Waals surface area (Å²) in [6.45, 7) is 8.23. The van der Waals surface area contributed by atoms with Crippen LogP contribution in [0.3, 0.4) is 0 Å². The van der Waals surface area contributed by atoms with Gasteiger partial charge in [-0.1, -0.05) is 6.42 Å². The van der Waals surface area contributed by atoms with Crippen LogP contribution in [0.1, 0.15) is 39.5 Å². The Morgan fingerprint density at radius 3 is 2.67 bits per heavy atom. The standard InChI is InChI=1S/C14H25NO3/c1-14(2)17-11-6-9-16-12(13(11)18-14)10-15-7-4-3-5-8-15/h11-13H,3-10H2,1-2H3/t11-,12-,13-/m1/s1. The van der Waals surface area contributed by atoms with Gasteiger partial charge in [0, 0.05) is 13.2 Å². The van der Waals surface area contributed by atoms with Crippen molar-refractivity contribution in [1.82, 2.24) is 4.90 Å². The Kier molecular flexibility index (Phi) is 3.63. The summed E-state index contributed by atoms with van der Waals surface area (Å²) >= 11 is 0. The van der Waals surface area contributed by atoms with E-state index in [4.69, 9.17) is 14.2 Å². The van der Waals surface area contributed by atoms with E-state index in [1.165, 1.54) is 32.4 Å². The number of nitrogens with zero attached hydrogens (tertiary/aromatic N) is 1. The Bertz CT molecular complexity index is 289. The number of ether oxygens (including phenoxy) is 3. The van der Waals surface area contributed by atoms with Crippen molar-refractivity contribution in [2.75, 3.05) is 26.2 Å². The summed E-state index contributed by atoms with van der Waals surface area (Å²) in [7, 11) is 0. The molecular weight excluding hydrogens is 230 g/mol. The minimum Gasteiger partial charge on any atom is -0.374 e. The van der Waals surface area contributed by atoms with Crippen LogP contribution in [0.2, 0.25) is 0 Å². The van der Waals surface area contributed by atoms with E-state index in [0.717, 1.165) is 19.6 Å². The second kappa shape index (κ2) is 5.08. The van der Waals surface area contributed by atoms with E-state index < -0.39 is 5.79 Å². The van der Waals surface area contributed by atoms with Crippen molar-refractivity contribution in [1.29, 1.82) is 0 Å². The molecule has 3 saturated heterocycles. The molecule has 3 rings (SSSR count). The summed E-state index contributed by atoms with van der Waals surface area (Å²) in [5.74, 6) is -0.441. The van der Waals surface area contributed by atoms with Crippen molar-refractivity contribution >= 4 is 0 Å². The van der Waals surface area contributed by atoms with Crippen LogP contribution in [0.4, 0.5) is 0 Å². The fraction of sp³-hybridized carbons (Fsp3) is 1.00. The molecule has 3 atom stereocenters. The molecule has 0 radical (unpaired) electrons. The van der Waals surface area contributed by atoms with Crippen molar-refractivity contribution < 1.29 is 14.2 Å². The average Bonchev–Trinajstić information content (AvgIpc) is 2.66. The fourth-order valence-corrected chi connectivity index (χ4v) is 3.38. The number of hydrogen-bond acceptors (Lipinski definition) is 4. The number of hydrogen-bond donors (Lipinski definition) is 0. The van der Waals surface area contributed by atoms with Gasteiger partial charge in [0.05, 0.1) is 12.2 Å². The normalized spacial score (nSPS) is 40.7. The molecule has 104 valence electrons. The monoisotopic (exact) mass is 255 g/mol. The van der Waals surface area contributed by atoms with Crippen LogP contribution >= 0.6 is 0 Å². The number of fused-ring (bicyclic) bond motifs is 1. The molecule has 0 aliphatic carbocycles. The summed E-state index contributed by atoms with van der Waals surface area (Å²) in [5.41, 5.74) is 0. The highest BCUT2D eigenvalue weighted by Crippen LogP contribution is 2.35. The van der Waals surface area contributed by atoms with Gasteiger partial charge < -0.3 is 19.1 Å². The van der Waals surface area contributed by atoms with Crippen LogP contribution in [0.15, 0.2) is 0 Å². The Morgan fingerprint density at radius 2 is 1.89 bits per heavy atom. The third-order valence-electron chi connectivity index (χ3n) is 4.21. The van der Waals surface area contributed by atoms with Crippen LogP contribution in [0, 0.1) is 0 Å². The zero-order valence-electron chi connectivity index (χ0n) is 11.6. The van der Waals surface area contributed by atoms with Crippen LogP contribution in [0.25, 0.3) is 0 Å². The van der Waals surface area contributed by atoms with E-state index in [1.807, 2.05) is 13.8 Å². The van der Waals surface area contributed by atoms with Crippen LogP contribution < -0.4 is 0 Å². The van der Waals surface area contributed by atoms with E-state index >= 15 is 0 Å². The van der Waals surface area contributed by atoms with Crippen molar-refractivity contribution in [3.8, 4) is 0 Å². The van der Waals surface area contributed by atoms with Gasteiger partial charge in [0.25, 0.3) is 0 Å². The molecule has 0 aromatic rings. The molecule has 3 heterocycles. The molecule has 0 saturated carbocycles. The van der Waals surface area contributed by atoms with Crippen LogP contribution in [-0.4, -0.2) is 55.2 Å². The minimum absolute atomic E-state index is 0.121. The summed E-state index contributed by atoms with van der Waals surface area (Å²) in [5, 5.41) is 0. The summed E-state index contributed by atoms with van der Waals surface area (Å²) in [6, 6.07) is 0. The zero-order chi connectivity index (χ0) is 12.6. The topological polar surface area (TPSA) is 30.9 Å². The maximum absolute atomic E-state index is 6.03.